The van der Waals surface area contributed by atoms with Crippen molar-refractivity contribution in [2.24, 2.45) is 5.92 Å². The van der Waals surface area contributed by atoms with E-state index >= 15 is 0 Å². The highest BCUT2D eigenvalue weighted by Gasteiger charge is 2.19. The molecule has 0 radical (unpaired) electrons. The maximum Gasteiger partial charge on any atom is 0.0647 e. The molecule has 2 nitrogen and oxygen atoms in total. The van der Waals surface area contributed by atoms with Crippen molar-refractivity contribution in [3.8, 4) is 0 Å². The summed E-state index contributed by atoms with van der Waals surface area (Å²) in [5.74, 6) is 0.973. The van der Waals surface area contributed by atoms with Gasteiger partial charge < -0.3 is 10.1 Å². The average Bonchev–Trinajstić information content (AvgIpc) is 2.87. The molecule has 0 unspecified atom stereocenters. The highest BCUT2D eigenvalue weighted by atomic mass is 16.5. The first-order valence-corrected chi connectivity index (χ1v) is 4.83. The second-order valence-corrected chi connectivity index (χ2v) is 3.29. The van der Waals surface area contributed by atoms with Crippen molar-refractivity contribution in [2.45, 2.75) is 19.8 Å². The minimum Gasteiger partial charge on any atom is -0.376 e. The van der Waals surface area contributed by atoms with E-state index in [1.54, 1.807) is 0 Å². The van der Waals surface area contributed by atoms with E-state index in [2.05, 4.69) is 5.32 Å². The minimum absolute atomic E-state index is 0.752. The molecule has 0 bridgehead atoms. The van der Waals surface area contributed by atoms with Gasteiger partial charge in [-0.05, 0) is 32.2 Å². The summed E-state index contributed by atoms with van der Waals surface area (Å²) >= 11 is 0. The number of allylic oxidation sites excluding steroid dienone is 1. The zero-order valence-corrected chi connectivity index (χ0v) is 7.88. The molecular weight excluding hydrogens is 150 g/mol. The van der Waals surface area contributed by atoms with Crippen LogP contribution in [0.1, 0.15) is 19.8 Å². The minimum atomic E-state index is 0.752. The van der Waals surface area contributed by atoms with Crippen molar-refractivity contribution in [1.82, 2.24) is 5.32 Å². The maximum atomic E-state index is 5.33. The molecule has 1 aliphatic carbocycles. The fourth-order valence-corrected chi connectivity index (χ4v) is 1.02. The molecule has 0 aromatic rings. The number of rotatable bonds is 7. The lowest BCUT2D eigenvalue weighted by molar-refractivity contribution is 0.163. The summed E-state index contributed by atoms with van der Waals surface area (Å²) in [5, 5.41) is 3.38. The molecule has 1 N–H and O–H groups in total. The number of hydrogen-bond donors (Lipinski definition) is 1. The predicted molar refractivity (Wildman–Crippen MR) is 51.2 cm³/mol. The molecule has 0 aromatic carbocycles. The van der Waals surface area contributed by atoms with E-state index in [-0.39, 0.29) is 0 Å². The molecule has 1 rings (SSSR count). The molecule has 0 saturated heterocycles. The lowest BCUT2D eigenvalue weighted by atomic mass is 10.4. The van der Waals surface area contributed by atoms with Gasteiger partial charge in [0.15, 0.2) is 0 Å². The van der Waals surface area contributed by atoms with E-state index in [0.29, 0.717) is 0 Å². The van der Waals surface area contributed by atoms with E-state index in [1.165, 1.54) is 19.4 Å². The highest BCUT2D eigenvalue weighted by molar-refractivity contribution is 4.76. The molecular formula is C10H19NO. The van der Waals surface area contributed by atoms with Crippen LogP contribution in [0.5, 0.6) is 0 Å². The Morgan fingerprint density at radius 1 is 1.50 bits per heavy atom. The Bertz CT molecular complexity index is 130. The largest absolute Gasteiger partial charge is 0.376 e. The first-order valence-electron chi connectivity index (χ1n) is 4.83. The normalized spacial score (nSPS) is 17.4. The summed E-state index contributed by atoms with van der Waals surface area (Å²) in [4.78, 5) is 0. The van der Waals surface area contributed by atoms with Crippen LogP contribution in [0.2, 0.25) is 0 Å². The summed E-state index contributed by atoms with van der Waals surface area (Å²) < 4.78 is 5.33. The van der Waals surface area contributed by atoms with Crippen LogP contribution < -0.4 is 5.32 Å². The van der Waals surface area contributed by atoms with Gasteiger partial charge in [-0.25, -0.2) is 0 Å². The van der Waals surface area contributed by atoms with Gasteiger partial charge in [0.1, 0.15) is 0 Å². The van der Waals surface area contributed by atoms with E-state index in [0.717, 1.165) is 25.7 Å². The van der Waals surface area contributed by atoms with Crippen molar-refractivity contribution in [2.75, 3.05) is 26.3 Å². The number of nitrogens with one attached hydrogen (secondary N) is 1. The van der Waals surface area contributed by atoms with E-state index in [1.807, 2.05) is 19.1 Å². The van der Waals surface area contributed by atoms with Crippen molar-refractivity contribution < 1.29 is 4.74 Å². The SMILES string of the molecule is CC=CCOCCNCC1CC1. The zero-order chi connectivity index (χ0) is 8.65. The van der Waals surface area contributed by atoms with Gasteiger partial charge in [-0.3, -0.25) is 0 Å². The van der Waals surface area contributed by atoms with Crippen LogP contribution in [0.25, 0.3) is 0 Å². The fourth-order valence-electron chi connectivity index (χ4n) is 1.02. The number of ether oxygens (including phenoxy) is 1. The van der Waals surface area contributed by atoms with Crippen LogP contribution >= 0.6 is 0 Å². The summed E-state index contributed by atoms with van der Waals surface area (Å²) in [5.41, 5.74) is 0. The maximum absolute atomic E-state index is 5.33. The van der Waals surface area contributed by atoms with Crippen LogP contribution in [0.3, 0.4) is 0 Å². The van der Waals surface area contributed by atoms with Crippen LogP contribution in [-0.2, 0) is 4.74 Å². The van der Waals surface area contributed by atoms with Gasteiger partial charge in [-0.15, -0.1) is 0 Å². The molecule has 1 saturated carbocycles. The van der Waals surface area contributed by atoms with Gasteiger partial charge in [-0.1, -0.05) is 12.2 Å². The Morgan fingerprint density at radius 2 is 2.33 bits per heavy atom. The van der Waals surface area contributed by atoms with Crippen LogP contribution in [0, 0.1) is 5.92 Å². The van der Waals surface area contributed by atoms with E-state index in [9.17, 15) is 0 Å². The summed E-state index contributed by atoms with van der Waals surface area (Å²) in [6.07, 6.45) is 6.89. The smallest absolute Gasteiger partial charge is 0.0647 e. The Labute approximate surface area is 75.0 Å². The molecule has 1 fully saturated rings. The van der Waals surface area contributed by atoms with Crippen molar-refractivity contribution in [3.63, 3.8) is 0 Å². The molecule has 1 aliphatic rings. The summed E-state index contributed by atoms with van der Waals surface area (Å²) in [7, 11) is 0. The third kappa shape index (κ3) is 5.33. The van der Waals surface area contributed by atoms with Crippen molar-refractivity contribution in [1.29, 1.82) is 0 Å². The van der Waals surface area contributed by atoms with Gasteiger partial charge in [0, 0.05) is 6.54 Å². The number of hydrogen-bond acceptors (Lipinski definition) is 2. The molecule has 70 valence electrons. The van der Waals surface area contributed by atoms with Crippen LogP contribution in [0.15, 0.2) is 12.2 Å². The Kier molecular flexibility index (Phi) is 5.04. The highest BCUT2D eigenvalue weighted by Crippen LogP contribution is 2.27. The fraction of sp³-hybridized carbons (Fsp3) is 0.800. The quantitative estimate of drug-likeness (QED) is 0.461. The molecule has 12 heavy (non-hydrogen) atoms. The Balaban J connectivity index is 1.70. The predicted octanol–water partition coefficient (Wildman–Crippen LogP) is 1.58. The third-order valence-corrected chi connectivity index (χ3v) is 2.00. The molecule has 0 amide bonds. The van der Waals surface area contributed by atoms with Crippen molar-refractivity contribution >= 4 is 0 Å². The first-order chi connectivity index (χ1) is 5.93. The third-order valence-electron chi connectivity index (χ3n) is 2.00. The average molecular weight is 169 g/mol. The van der Waals surface area contributed by atoms with Gasteiger partial charge >= 0.3 is 0 Å². The molecule has 0 atom stereocenters. The summed E-state index contributed by atoms with van der Waals surface area (Å²) in [6.45, 7) is 5.77. The van der Waals surface area contributed by atoms with Gasteiger partial charge in [0.25, 0.3) is 0 Å². The molecule has 0 aliphatic heterocycles. The Hall–Kier alpha value is -0.340. The Morgan fingerprint density at radius 3 is 3.00 bits per heavy atom. The second kappa shape index (κ2) is 6.21. The van der Waals surface area contributed by atoms with Gasteiger partial charge in [0.2, 0.25) is 0 Å². The van der Waals surface area contributed by atoms with Crippen molar-refractivity contribution in [3.05, 3.63) is 12.2 Å². The lowest BCUT2D eigenvalue weighted by Crippen LogP contribution is -2.21. The topological polar surface area (TPSA) is 21.3 Å². The zero-order valence-electron chi connectivity index (χ0n) is 7.88. The molecule has 0 heterocycles. The monoisotopic (exact) mass is 169 g/mol. The standard InChI is InChI=1S/C10H19NO/c1-2-3-7-12-8-6-11-9-10-4-5-10/h2-3,10-11H,4-9H2,1H3. The van der Waals surface area contributed by atoms with Crippen LogP contribution in [0.4, 0.5) is 0 Å². The van der Waals surface area contributed by atoms with Gasteiger partial charge in [-0.2, -0.15) is 0 Å². The second-order valence-electron chi connectivity index (χ2n) is 3.29. The molecule has 0 aromatic heterocycles. The first kappa shape index (κ1) is 9.75. The van der Waals surface area contributed by atoms with Crippen LogP contribution in [-0.4, -0.2) is 26.3 Å². The lowest BCUT2D eigenvalue weighted by Gasteiger charge is -2.02. The molecule has 0 spiro atoms. The van der Waals surface area contributed by atoms with Gasteiger partial charge in [0.05, 0.1) is 13.2 Å². The summed E-state index contributed by atoms with van der Waals surface area (Å²) in [6, 6.07) is 0. The van der Waals surface area contributed by atoms with E-state index < -0.39 is 0 Å². The van der Waals surface area contributed by atoms with E-state index in [4.69, 9.17) is 4.74 Å². The molecule has 2 heteroatoms.